The molecule has 1 saturated heterocycles. The molecule has 0 atom stereocenters. The fourth-order valence-corrected chi connectivity index (χ4v) is 2.73. The molecular weight excluding hydrogens is 262 g/mol. The van der Waals surface area contributed by atoms with Gasteiger partial charge in [-0.3, -0.25) is 0 Å². The van der Waals surface area contributed by atoms with Crippen molar-refractivity contribution in [3.05, 3.63) is 0 Å². The van der Waals surface area contributed by atoms with Crippen molar-refractivity contribution in [3.63, 3.8) is 0 Å². The Hall–Kier alpha value is -0.130. The molecule has 0 saturated carbocycles. The first-order valence-corrected chi connectivity index (χ1v) is 9.40. The van der Waals surface area contributed by atoms with E-state index in [9.17, 15) is 0 Å². The third-order valence-corrected chi connectivity index (χ3v) is 3.74. The summed E-state index contributed by atoms with van der Waals surface area (Å²) < 4.78 is 28.7. The van der Waals surface area contributed by atoms with E-state index in [0.717, 1.165) is 0 Å². The molecule has 0 aromatic carbocycles. The minimum absolute atomic E-state index is 0.604. The molecular formula is C14H31NO3S. The Morgan fingerprint density at radius 2 is 1.32 bits per heavy atom. The lowest BCUT2D eigenvalue weighted by Gasteiger charge is -2.41. The topological polar surface area (TPSA) is 57.2 Å². The molecule has 0 unspecified atom stereocenters. The highest BCUT2D eigenvalue weighted by Gasteiger charge is 2.28. The molecule has 0 N–H and O–H groups in total. The molecule has 0 radical (unpaired) electrons. The average molecular weight is 293 g/mol. The summed E-state index contributed by atoms with van der Waals surface area (Å²) in [4.78, 5) is 0. The summed E-state index contributed by atoms with van der Waals surface area (Å²) in [6.45, 7) is 10.5. The first kappa shape index (κ1) is 18.9. The van der Waals surface area contributed by atoms with Crippen LogP contribution in [-0.2, 0) is 10.1 Å². The summed E-state index contributed by atoms with van der Waals surface area (Å²) in [5, 5.41) is 0. The summed E-state index contributed by atoms with van der Waals surface area (Å²) in [7, 11) is -3.92. The van der Waals surface area contributed by atoms with Gasteiger partial charge in [0.25, 0.3) is 0 Å². The van der Waals surface area contributed by atoms with E-state index < -0.39 is 10.1 Å². The second-order valence-corrected chi connectivity index (χ2v) is 7.12. The maximum absolute atomic E-state index is 9.08. The Morgan fingerprint density at radius 3 is 1.63 bits per heavy atom. The predicted molar refractivity (Wildman–Crippen MR) is 79.0 cm³/mol. The van der Waals surface area contributed by atoms with Gasteiger partial charge in [-0.05, 0) is 32.1 Å². The number of quaternary nitrogens is 1. The van der Waals surface area contributed by atoms with Crippen molar-refractivity contribution in [2.24, 2.45) is 0 Å². The highest BCUT2D eigenvalue weighted by molar-refractivity contribution is 7.84. The van der Waals surface area contributed by atoms with Crippen LogP contribution in [0.1, 0.15) is 58.8 Å². The molecule has 1 aliphatic rings. The molecule has 0 bridgehead atoms. The van der Waals surface area contributed by atoms with E-state index in [1.165, 1.54) is 75.6 Å². The Balaban J connectivity index is 0.000000555. The van der Waals surface area contributed by atoms with Gasteiger partial charge < -0.3 is 9.04 Å². The molecule has 1 fully saturated rings. The van der Waals surface area contributed by atoms with Gasteiger partial charge in [-0.2, -0.15) is 0 Å². The van der Waals surface area contributed by atoms with Crippen molar-refractivity contribution in [1.29, 1.82) is 0 Å². The smallest absolute Gasteiger partial charge is 0.0916 e. The van der Waals surface area contributed by atoms with Gasteiger partial charge in [-0.25, -0.2) is 8.42 Å². The maximum Gasteiger partial charge on any atom is 0.0916 e. The minimum atomic E-state index is -3.92. The Kier molecular flexibility index (Phi) is 9.66. The summed E-state index contributed by atoms with van der Waals surface area (Å²) in [6, 6.07) is 0. The van der Waals surface area contributed by atoms with Crippen LogP contribution in [-0.4, -0.2) is 49.9 Å². The lowest BCUT2D eigenvalue weighted by molar-refractivity contribution is -0.932. The fraction of sp³-hybridized carbons (Fsp3) is 1.00. The van der Waals surface area contributed by atoms with Crippen molar-refractivity contribution in [3.8, 4) is 0 Å². The first-order chi connectivity index (χ1) is 8.83. The molecule has 116 valence electrons. The Labute approximate surface area is 119 Å². The number of unbranched alkanes of at least 4 members (excludes halogenated alkanes) is 2. The molecule has 0 amide bonds. The van der Waals surface area contributed by atoms with Gasteiger partial charge in [0.15, 0.2) is 0 Å². The summed E-state index contributed by atoms with van der Waals surface area (Å²) >= 11 is 0. The zero-order chi connectivity index (χ0) is 14.8. The van der Waals surface area contributed by atoms with Crippen molar-refractivity contribution >= 4 is 10.1 Å². The van der Waals surface area contributed by atoms with Crippen LogP contribution in [0.4, 0.5) is 0 Å². The lowest BCUT2D eigenvalue weighted by Crippen LogP contribution is -2.52. The van der Waals surface area contributed by atoms with Gasteiger partial charge in [-0.15, -0.1) is 0 Å². The van der Waals surface area contributed by atoms with E-state index in [4.69, 9.17) is 13.0 Å². The number of rotatable bonds is 6. The summed E-state index contributed by atoms with van der Waals surface area (Å²) in [5.41, 5.74) is 0. The number of hydrogen-bond acceptors (Lipinski definition) is 3. The van der Waals surface area contributed by atoms with E-state index >= 15 is 0 Å². The molecule has 1 heterocycles. The molecule has 1 rings (SSSR count). The molecule has 0 aromatic heterocycles. The molecule has 5 heteroatoms. The second-order valence-electron chi connectivity index (χ2n) is 5.71. The minimum Gasteiger partial charge on any atom is -0.748 e. The van der Waals surface area contributed by atoms with Gasteiger partial charge in [0.05, 0.1) is 36.3 Å². The Morgan fingerprint density at radius 1 is 0.947 bits per heavy atom. The van der Waals surface area contributed by atoms with Crippen LogP contribution >= 0.6 is 0 Å². The number of nitrogens with zero attached hydrogens (tertiary/aromatic N) is 1. The lowest BCUT2D eigenvalue weighted by atomic mass is 10.1. The molecule has 0 aromatic rings. The molecule has 0 spiro atoms. The van der Waals surface area contributed by atoms with E-state index in [1.807, 2.05) is 0 Å². The first-order valence-electron chi connectivity index (χ1n) is 7.59. The van der Waals surface area contributed by atoms with Crippen molar-refractivity contribution in [1.82, 2.24) is 0 Å². The predicted octanol–water partition coefficient (Wildman–Crippen LogP) is 2.75. The van der Waals surface area contributed by atoms with Gasteiger partial charge in [0.2, 0.25) is 0 Å². The van der Waals surface area contributed by atoms with Crippen LogP contribution in [0.5, 0.6) is 0 Å². The fourth-order valence-electron chi connectivity index (χ4n) is 2.73. The highest BCUT2D eigenvalue weighted by Crippen LogP contribution is 2.21. The number of piperidine rings is 1. The zero-order valence-electron chi connectivity index (χ0n) is 12.9. The zero-order valence-corrected chi connectivity index (χ0v) is 13.7. The number of likely N-dealkylation sites (tertiary alicyclic amines) is 1. The molecule has 0 aliphatic carbocycles. The van der Waals surface area contributed by atoms with Gasteiger partial charge in [-0.1, -0.05) is 26.7 Å². The second kappa shape index (κ2) is 9.72. The summed E-state index contributed by atoms with van der Waals surface area (Å²) in [5.74, 6) is 0. The van der Waals surface area contributed by atoms with Crippen LogP contribution in [0, 0.1) is 0 Å². The van der Waals surface area contributed by atoms with Gasteiger partial charge in [0.1, 0.15) is 0 Å². The molecule has 19 heavy (non-hydrogen) atoms. The van der Waals surface area contributed by atoms with Crippen LogP contribution in [0.25, 0.3) is 0 Å². The summed E-state index contributed by atoms with van der Waals surface area (Å²) in [6.07, 6.45) is 10.7. The van der Waals surface area contributed by atoms with Crippen LogP contribution in [0.2, 0.25) is 0 Å². The van der Waals surface area contributed by atoms with E-state index in [2.05, 4.69) is 13.8 Å². The van der Waals surface area contributed by atoms with Crippen molar-refractivity contribution in [2.75, 3.05) is 32.4 Å². The monoisotopic (exact) mass is 293 g/mol. The van der Waals surface area contributed by atoms with Gasteiger partial charge >= 0.3 is 0 Å². The Bertz CT molecular complexity index is 291. The standard InChI is InChI=1S/C13H28N.CH4O3S/c1-3-5-10-14(11-6-4-2)12-8-7-9-13-14;1-5(2,3)4/h3-13H2,1-2H3;1H3,(H,2,3,4)/q+1;/p-1. The average Bonchev–Trinajstić information content (AvgIpc) is 2.33. The molecule has 4 nitrogen and oxygen atoms in total. The quantitative estimate of drug-likeness (QED) is 0.559. The number of hydrogen-bond donors (Lipinski definition) is 0. The van der Waals surface area contributed by atoms with E-state index in [1.54, 1.807) is 0 Å². The normalized spacial score (nSPS) is 18.5. The van der Waals surface area contributed by atoms with Crippen LogP contribution in [0.3, 0.4) is 0 Å². The largest absolute Gasteiger partial charge is 0.748 e. The van der Waals surface area contributed by atoms with Crippen LogP contribution < -0.4 is 0 Å². The van der Waals surface area contributed by atoms with Crippen molar-refractivity contribution < 1.29 is 17.5 Å². The van der Waals surface area contributed by atoms with E-state index in [0.29, 0.717) is 6.26 Å². The van der Waals surface area contributed by atoms with E-state index in [-0.39, 0.29) is 0 Å². The van der Waals surface area contributed by atoms with Gasteiger partial charge in [0, 0.05) is 6.26 Å². The van der Waals surface area contributed by atoms with Crippen LogP contribution in [0.15, 0.2) is 0 Å². The van der Waals surface area contributed by atoms with Crippen molar-refractivity contribution in [2.45, 2.75) is 58.8 Å². The third-order valence-electron chi connectivity index (χ3n) is 3.74. The molecule has 1 aliphatic heterocycles. The maximum atomic E-state index is 9.08. The highest BCUT2D eigenvalue weighted by atomic mass is 32.2. The SMILES string of the molecule is CCCC[N+]1(CCCC)CCCCC1.CS(=O)(=O)[O-]. The third kappa shape index (κ3) is 11.4.